The van der Waals surface area contributed by atoms with Gasteiger partial charge in [-0.05, 0) is 18.2 Å². The lowest BCUT2D eigenvalue weighted by Crippen LogP contribution is -2.34. The first kappa shape index (κ1) is 15.7. The van der Waals surface area contributed by atoms with Gasteiger partial charge in [0.2, 0.25) is 0 Å². The number of rotatable bonds is 2. The molecule has 1 saturated heterocycles. The third kappa shape index (κ3) is 3.29. The minimum atomic E-state index is -0.854. The van der Waals surface area contributed by atoms with Crippen LogP contribution in [0.2, 0.25) is 0 Å². The van der Waals surface area contributed by atoms with Crippen molar-refractivity contribution in [2.45, 2.75) is 5.37 Å². The number of hydrogen-bond donors (Lipinski definition) is 1. The molecule has 7 heteroatoms. The highest BCUT2D eigenvalue weighted by atomic mass is 32.2. The van der Waals surface area contributed by atoms with Crippen LogP contribution in [0.3, 0.4) is 0 Å². The van der Waals surface area contributed by atoms with Crippen molar-refractivity contribution < 1.29 is 18.0 Å². The summed E-state index contributed by atoms with van der Waals surface area (Å²) in [7, 11) is 0. The number of amides is 2. The molecule has 1 aliphatic rings. The minimum absolute atomic E-state index is 0.111. The fraction of sp³-hybridized carbons (Fsp3) is 0.188. The largest absolute Gasteiger partial charge is 0.323 e. The van der Waals surface area contributed by atoms with Crippen molar-refractivity contribution in [2.24, 2.45) is 0 Å². The van der Waals surface area contributed by atoms with Gasteiger partial charge in [0, 0.05) is 23.9 Å². The third-order valence-electron chi connectivity index (χ3n) is 3.50. The number of anilines is 1. The summed E-state index contributed by atoms with van der Waals surface area (Å²) in [5.41, 5.74) is 0.297. The molecule has 0 saturated carbocycles. The SMILES string of the molecule is O=C(Nc1ccc(F)cc1F)N1CCS[C@@H]1c1ccccc1F. The van der Waals surface area contributed by atoms with E-state index in [-0.39, 0.29) is 5.69 Å². The van der Waals surface area contributed by atoms with E-state index in [0.29, 0.717) is 23.9 Å². The maximum absolute atomic E-state index is 13.9. The van der Waals surface area contributed by atoms with E-state index in [2.05, 4.69) is 5.32 Å². The topological polar surface area (TPSA) is 32.3 Å². The molecule has 1 heterocycles. The molecule has 2 aromatic carbocycles. The van der Waals surface area contributed by atoms with Crippen molar-refractivity contribution in [3.05, 3.63) is 65.5 Å². The molecule has 0 aromatic heterocycles. The first-order valence-corrected chi connectivity index (χ1v) is 8.00. The first-order chi connectivity index (χ1) is 11.1. The summed E-state index contributed by atoms with van der Waals surface area (Å²) in [4.78, 5) is 13.8. The van der Waals surface area contributed by atoms with Gasteiger partial charge in [0.05, 0.1) is 5.69 Å². The summed E-state index contributed by atoms with van der Waals surface area (Å²) in [6.07, 6.45) is 0. The summed E-state index contributed by atoms with van der Waals surface area (Å²) in [6.45, 7) is 0.415. The van der Waals surface area contributed by atoms with E-state index in [9.17, 15) is 18.0 Å². The molecule has 2 amide bonds. The summed E-state index contributed by atoms with van der Waals surface area (Å²) in [6, 6.07) is 8.61. The fourth-order valence-corrected chi connectivity index (χ4v) is 3.67. The highest BCUT2D eigenvalue weighted by molar-refractivity contribution is 7.99. The normalized spacial score (nSPS) is 17.3. The molecule has 2 aromatic rings. The van der Waals surface area contributed by atoms with E-state index in [4.69, 9.17) is 0 Å². The van der Waals surface area contributed by atoms with Gasteiger partial charge in [0.15, 0.2) is 0 Å². The smallest absolute Gasteiger partial charge is 0.307 e. The van der Waals surface area contributed by atoms with E-state index in [1.807, 2.05) is 0 Å². The molecule has 1 aliphatic heterocycles. The molecule has 23 heavy (non-hydrogen) atoms. The standard InChI is InChI=1S/C16H13F3N2OS/c17-10-5-6-14(13(19)9-10)20-16(22)21-7-8-23-15(21)11-3-1-2-4-12(11)18/h1-6,9,15H,7-8H2,(H,20,22)/t15-/m1/s1. The summed E-state index contributed by atoms with van der Waals surface area (Å²) < 4.78 is 40.5. The zero-order chi connectivity index (χ0) is 16.4. The molecule has 0 unspecified atom stereocenters. The van der Waals surface area contributed by atoms with Crippen LogP contribution >= 0.6 is 11.8 Å². The quantitative estimate of drug-likeness (QED) is 0.881. The lowest BCUT2D eigenvalue weighted by molar-refractivity contribution is 0.213. The van der Waals surface area contributed by atoms with E-state index >= 15 is 0 Å². The van der Waals surface area contributed by atoms with Gasteiger partial charge in [-0.1, -0.05) is 18.2 Å². The van der Waals surface area contributed by atoms with Crippen LogP contribution in [0.15, 0.2) is 42.5 Å². The summed E-state index contributed by atoms with van der Waals surface area (Å²) >= 11 is 1.43. The third-order valence-corrected chi connectivity index (χ3v) is 4.74. The van der Waals surface area contributed by atoms with E-state index < -0.39 is 28.9 Å². The van der Waals surface area contributed by atoms with Gasteiger partial charge in [-0.2, -0.15) is 0 Å². The molecule has 0 bridgehead atoms. The van der Waals surface area contributed by atoms with Gasteiger partial charge in [-0.25, -0.2) is 18.0 Å². The van der Waals surface area contributed by atoms with Crippen LogP contribution in [-0.2, 0) is 0 Å². The molecule has 120 valence electrons. The Kier molecular flexibility index (Phi) is 4.47. The van der Waals surface area contributed by atoms with E-state index in [1.54, 1.807) is 18.2 Å². The summed E-state index contributed by atoms with van der Waals surface area (Å²) in [5.74, 6) is -1.31. The predicted molar refractivity (Wildman–Crippen MR) is 83.7 cm³/mol. The maximum atomic E-state index is 13.9. The Hall–Kier alpha value is -2.15. The Bertz CT molecular complexity index is 741. The van der Waals surface area contributed by atoms with Crippen LogP contribution < -0.4 is 5.32 Å². The second kappa shape index (κ2) is 6.54. The van der Waals surface area contributed by atoms with Crippen molar-refractivity contribution in [3.8, 4) is 0 Å². The van der Waals surface area contributed by atoms with Crippen molar-refractivity contribution in [1.29, 1.82) is 0 Å². The van der Waals surface area contributed by atoms with Crippen molar-refractivity contribution in [2.75, 3.05) is 17.6 Å². The number of thioether (sulfide) groups is 1. The second-order valence-corrected chi connectivity index (χ2v) is 6.18. The Morgan fingerprint density at radius 1 is 1.13 bits per heavy atom. The van der Waals surface area contributed by atoms with Gasteiger partial charge in [-0.3, -0.25) is 0 Å². The zero-order valence-electron chi connectivity index (χ0n) is 11.9. The first-order valence-electron chi connectivity index (χ1n) is 6.95. The van der Waals surface area contributed by atoms with Crippen LogP contribution in [0.4, 0.5) is 23.7 Å². The van der Waals surface area contributed by atoms with Crippen LogP contribution in [0.1, 0.15) is 10.9 Å². The molecule has 3 nitrogen and oxygen atoms in total. The lowest BCUT2D eigenvalue weighted by atomic mass is 10.2. The minimum Gasteiger partial charge on any atom is -0.307 e. The van der Waals surface area contributed by atoms with E-state index in [1.165, 1.54) is 22.7 Å². The molecule has 0 aliphatic carbocycles. The lowest BCUT2D eigenvalue weighted by Gasteiger charge is -2.24. The molecule has 1 N–H and O–H groups in total. The van der Waals surface area contributed by atoms with Crippen molar-refractivity contribution in [1.82, 2.24) is 4.90 Å². The number of halogens is 3. The molecule has 3 rings (SSSR count). The maximum Gasteiger partial charge on any atom is 0.323 e. The molecule has 0 spiro atoms. The van der Waals surface area contributed by atoms with Crippen molar-refractivity contribution >= 4 is 23.5 Å². The number of nitrogens with zero attached hydrogens (tertiary/aromatic N) is 1. The Labute approximate surface area is 135 Å². The highest BCUT2D eigenvalue weighted by Crippen LogP contribution is 2.39. The highest BCUT2D eigenvalue weighted by Gasteiger charge is 2.32. The van der Waals surface area contributed by atoms with Gasteiger partial charge in [0.1, 0.15) is 22.8 Å². The number of carbonyl (C=O) groups excluding carboxylic acids is 1. The predicted octanol–water partition coefficient (Wildman–Crippen LogP) is 4.38. The van der Waals surface area contributed by atoms with Gasteiger partial charge in [-0.15, -0.1) is 11.8 Å². The second-order valence-electron chi connectivity index (χ2n) is 4.99. The van der Waals surface area contributed by atoms with Gasteiger partial charge >= 0.3 is 6.03 Å². The summed E-state index contributed by atoms with van der Waals surface area (Å²) in [5, 5.41) is 1.94. The average molecular weight is 338 g/mol. The Balaban J connectivity index is 1.80. The van der Waals surface area contributed by atoms with E-state index in [0.717, 1.165) is 12.1 Å². The number of hydrogen-bond acceptors (Lipinski definition) is 2. The van der Waals surface area contributed by atoms with Crippen LogP contribution in [-0.4, -0.2) is 23.2 Å². The molecule has 1 fully saturated rings. The molecule has 0 radical (unpaired) electrons. The monoisotopic (exact) mass is 338 g/mol. The van der Waals surface area contributed by atoms with Gasteiger partial charge in [0.25, 0.3) is 0 Å². The molecule has 1 atom stereocenters. The average Bonchev–Trinajstić information content (AvgIpc) is 3.00. The fourth-order valence-electron chi connectivity index (χ4n) is 2.39. The number of benzene rings is 2. The van der Waals surface area contributed by atoms with Crippen LogP contribution in [0.5, 0.6) is 0 Å². The Morgan fingerprint density at radius 2 is 1.91 bits per heavy atom. The zero-order valence-corrected chi connectivity index (χ0v) is 12.7. The number of carbonyl (C=O) groups is 1. The number of nitrogens with one attached hydrogen (secondary N) is 1. The molecular formula is C16H13F3N2OS. The van der Waals surface area contributed by atoms with Gasteiger partial charge < -0.3 is 10.2 Å². The molecular weight excluding hydrogens is 325 g/mol. The Morgan fingerprint density at radius 3 is 2.65 bits per heavy atom. The van der Waals surface area contributed by atoms with Crippen LogP contribution in [0, 0.1) is 17.5 Å². The van der Waals surface area contributed by atoms with Crippen molar-refractivity contribution in [3.63, 3.8) is 0 Å². The number of urea groups is 1. The van der Waals surface area contributed by atoms with Crippen LogP contribution in [0.25, 0.3) is 0 Å².